The van der Waals surface area contributed by atoms with Crippen LogP contribution in [0.3, 0.4) is 0 Å². The SMILES string of the molecule is CC(CCS(C)=O)NC(C)C(=O)N1CCCC1. The van der Waals surface area contributed by atoms with E-state index in [1.165, 1.54) is 0 Å². The molecule has 100 valence electrons. The Morgan fingerprint density at radius 1 is 1.35 bits per heavy atom. The van der Waals surface area contributed by atoms with Gasteiger partial charge in [0.2, 0.25) is 5.91 Å². The second-order valence-corrected chi connectivity index (χ2v) is 6.44. The van der Waals surface area contributed by atoms with E-state index in [1.54, 1.807) is 6.26 Å². The lowest BCUT2D eigenvalue weighted by Gasteiger charge is -2.24. The molecule has 1 N–H and O–H groups in total. The molecule has 0 bridgehead atoms. The van der Waals surface area contributed by atoms with Gasteiger partial charge in [-0.1, -0.05) is 0 Å². The maximum Gasteiger partial charge on any atom is 0.239 e. The minimum absolute atomic E-state index is 0.131. The van der Waals surface area contributed by atoms with Crippen LogP contribution in [0.5, 0.6) is 0 Å². The number of nitrogens with zero attached hydrogens (tertiary/aromatic N) is 1. The van der Waals surface area contributed by atoms with Crippen molar-refractivity contribution in [3.63, 3.8) is 0 Å². The van der Waals surface area contributed by atoms with Crippen LogP contribution in [0.15, 0.2) is 0 Å². The molecule has 3 atom stereocenters. The first kappa shape index (κ1) is 14.6. The lowest BCUT2D eigenvalue weighted by molar-refractivity contribution is -0.132. The molecule has 0 saturated carbocycles. The summed E-state index contributed by atoms with van der Waals surface area (Å²) >= 11 is 0. The smallest absolute Gasteiger partial charge is 0.239 e. The van der Waals surface area contributed by atoms with Crippen LogP contribution < -0.4 is 5.32 Å². The molecular formula is C12H24N2O2S. The van der Waals surface area contributed by atoms with Crippen LogP contribution in [-0.2, 0) is 15.6 Å². The second-order valence-electron chi connectivity index (χ2n) is 4.89. The van der Waals surface area contributed by atoms with E-state index in [1.807, 2.05) is 18.7 Å². The van der Waals surface area contributed by atoms with Gasteiger partial charge >= 0.3 is 0 Å². The molecule has 1 saturated heterocycles. The van der Waals surface area contributed by atoms with Crippen molar-refractivity contribution in [2.75, 3.05) is 25.1 Å². The number of hydrogen-bond acceptors (Lipinski definition) is 3. The Morgan fingerprint density at radius 2 is 1.94 bits per heavy atom. The number of carbonyl (C=O) groups is 1. The van der Waals surface area contributed by atoms with Gasteiger partial charge in [-0.2, -0.15) is 0 Å². The van der Waals surface area contributed by atoms with Crippen molar-refractivity contribution in [1.29, 1.82) is 0 Å². The Bertz CT molecular complexity index is 278. The maximum absolute atomic E-state index is 12.0. The van der Waals surface area contributed by atoms with Gasteiger partial charge in [-0.05, 0) is 33.1 Å². The summed E-state index contributed by atoms with van der Waals surface area (Å²) in [6.45, 7) is 5.76. The Balaban J connectivity index is 2.29. The highest BCUT2D eigenvalue weighted by atomic mass is 32.2. The third-order valence-electron chi connectivity index (χ3n) is 3.16. The first-order valence-electron chi connectivity index (χ1n) is 6.35. The van der Waals surface area contributed by atoms with E-state index in [4.69, 9.17) is 0 Å². The van der Waals surface area contributed by atoms with Crippen molar-refractivity contribution >= 4 is 16.7 Å². The summed E-state index contributed by atoms with van der Waals surface area (Å²) < 4.78 is 11.0. The summed E-state index contributed by atoms with van der Waals surface area (Å²) in [4.78, 5) is 14.0. The van der Waals surface area contributed by atoms with Crippen molar-refractivity contribution in [3.8, 4) is 0 Å². The molecule has 1 aliphatic rings. The van der Waals surface area contributed by atoms with Gasteiger partial charge in [-0.15, -0.1) is 0 Å². The topological polar surface area (TPSA) is 49.4 Å². The standard InChI is InChI=1S/C12H24N2O2S/c1-10(6-9-17(3)16)13-11(2)12(15)14-7-4-5-8-14/h10-11,13H,4-9H2,1-3H3. The van der Waals surface area contributed by atoms with Crippen molar-refractivity contribution in [2.45, 2.75) is 45.2 Å². The summed E-state index contributed by atoms with van der Waals surface area (Å²) in [7, 11) is -0.749. The number of likely N-dealkylation sites (tertiary alicyclic amines) is 1. The molecule has 4 nitrogen and oxygen atoms in total. The van der Waals surface area contributed by atoms with E-state index in [0.717, 1.165) is 32.4 Å². The molecule has 1 amide bonds. The van der Waals surface area contributed by atoms with Gasteiger partial charge in [-0.25, -0.2) is 0 Å². The summed E-state index contributed by atoms with van der Waals surface area (Å²) in [6.07, 6.45) is 4.82. The predicted molar refractivity (Wildman–Crippen MR) is 71.4 cm³/mol. The molecule has 1 rings (SSSR count). The van der Waals surface area contributed by atoms with Crippen LogP contribution in [0.2, 0.25) is 0 Å². The molecule has 17 heavy (non-hydrogen) atoms. The van der Waals surface area contributed by atoms with Gasteiger partial charge in [-0.3, -0.25) is 9.00 Å². The predicted octanol–water partition coefficient (Wildman–Crippen LogP) is 0.744. The Kier molecular flexibility index (Phi) is 6.12. The van der Waals surface area contributed by atoms with E-state index < -0.39 is 10.8 Å². The fraction of sp³-hybridized carbons (Fsp3) is 0.917. The van der Waals surface area contributed by atoms with E-state index >= 15 is 0 Å². The molecule has 1 aliphatic heterocycles. The molecule has 3 unspecified atom stereocenters. The van der Waals surface area contributed by atoms with E-state index in [9.17, 15) is 9.00 Å². The number of rotatable bonds is 6. The molecule has 0 aliphatic carbocycles. The van der Waals surface area contributed by atoms with Crippen molar-refractivity contribution in [1.82, 2.24) is 10.2 Å². The van der Waals surface area contributed by atoms with Gasteiger partial charge in [0.05, 0.1) is 6.04 Å². The summed E-state index contributed by atoms with van der Waals surface area (Å²) in [6, 6.07) is 0.105. The summed E-state index contributed by atoms with van der Waals surface area (Å²) in [5.41, 5.74) is 0. The van der Waals surface area contributed by atoms with Gasteiger partial charge in [0.15, 0.2) is 0 Å². The Hall–Kier alpha value is -0.420. The lowest BCUT2D eigenvalue weighted by atomic mass is 10.2. The highest BCUT2D eigenvalue weighted by molar-refractivity contribution is 7.84. The molecule has 0 aromatic heterocycles. The molecule has 5 heteroatoms. The zero-order valence-electron chi connectivity index (χ0n) is 11.1. The highest BCUT2D eigenvalue weighted by Crippen LogP contribution is 2.09. The van der Waals surface area contributed by atoms with Crippen LogP contribution >= 0.6 is 0 Å². The van der Waals surface area contributed by atoms with Crippen LogP contribution in [0.1, 0.15) is 33.1 Å². The second kappa shape index (κ2) is 7.11. The Labute approximate surface area is 107 Å². The number of hydrogen-bond donors (Lipinski definition) is 1. The van der Waals surface area contributed by atoms with Crippen molar-refractivity contribution in [3.05, 3.63) is 0 Å². The lowest BCUT2D eigenvalue weighted by Crippen LogP contribution is -2.47. The Morgan fingerprint density at radius 3 is 2.47 bits per heavy atom. The molecule has 0 spiro atoms. The number of amides is 1. The van der Waals surface area contributed by atoms with E-state index in [-0.39, 0.29) is 18.0 Å². The largest absolute Gasteiger partial charge is 0.341 e. The molecule has 1 heterocycles. The van der Waals surface area contributed by atoms with Crippen LogP contribution in [0.4, 0.5) is 0 Å². The van der Waals surface area contributed by atoms with Crippen molar-refractivity contribution < 1.29 is 9.00 Å². The van der Waals surface area contributed by atoms with Crippen LogP contribution in [0, 0.1) is 0 Å². The molecular weight excluding hydrogens is 236 g/mol. The van der Waals surface area contributed by atoms with Gasteiger partial charge < -0.3 is 10.2 Å². The summed E-state index contributed by atoms with van der Waals surface area (Å²) in [5, 5.41) is 3.29. The van der Waals surface area contributed by atoms with Crippen molar-refractivity contribution in [2.24, 2.45) is 0 Å². The molecule has 0 aromatic carbocycles. The fourth-order valence-electron chi connectivity index (χ4n) is 2.14. The maximum atomic E-state index is 12.0. The third kappa shape index (κ3) is 5.17. The van der Waals surface area contributed by atoms with E-state index in [0.29, 0.717) is 5.75 Å². The zero-order valence-corrected chi connectivity index (χ0v) is 11.9. The number of nitrogens with one attached hydrogen (secondary N) is 1. The van der Waals surface area contributed by atoms with Crippen LogP contribution in [0.25, 0.3) is 0 Å². The first-order chi connectivity index (χ1) is 8.00. The average Bonchev–Trinajstić information content (AvgIpc) is 2.78. The normalized spacial score (nSPS) is 21.2. The monoisotopic (exact) mass is 260 g/mol. The first-order valence-corrected chi connectivity index (χ1v) is 8.08. The molecule has 1 fully saturated rings. The van der Waals surface area contributed by atoms with Crippen LogP contribution in [-0.4, -0.2) is 52.2 Å². The summed E-state index contributed by atoms with van der Waals surface area (Å²) in [5.74, 6) is 0.894. The van der Waals surface area contributed by atoms with Gasteiger partial charge in [0.1, 0.15) is 0 Å². The minimum Gasteiger partial charge on any atom is -0.341 e. The van der Waals surface area contributed by atoms with Gasteiger partial charge in [0, 0.05) is 41.9 Å². The molecule has 0 aromatic rings. The fourth-order valence-corrected chi connectivity index (χ4v) is 2.82. The van der Waals surface area contributed by atoms with E-state index in [2.05, 4.69) is 5.32 Å². The average molecular weight is 260 g/mol. The minimum atomic E-state index is -0.749. The van der Waals surface area contributed by atoms with Gasteiger partial charge in [0.25, 0.3) is 0 Å². The highest BCUT2D eigenvalue weighted by Gasteiger charge is 2.23. The molecule has 0 radical (unpaired) electrons. The quantitative estimate of drug-likeness (QED) is 0.766. The number of carbonyl (C=O) groups excluding carboxylic acids is 1. The third-order valence-corrected chi connectivity index (χ3v) is 3.97. The zero-order chi connectivity index (χ0) is 12.8.